The van der Waals surface area contributed by atoms with Crippen LogP contribution in [0.2, 0.25) is 0 Å². The van der Waals surface area contributed by atoms with Crippen molar-refractivity contribution in [1.29, 1.82) is 0 Å². The number of hydrogen-bond acceptors (Lipinski definition) is 3. The summed E-state index contributed by atoms with van der Waals surface area (Å²) in [5.41, 5.74) is -0.769. The van der Waals surface area contributed by atoms with Crippen LogP contribution in [0.3, 0.4) is 0 Å². The van der Waals surface area contributed by atoms with Crippen LogP contribution in [-0.2, 0) is 13.6 Å². The normalized spacial score (nSPS) is 28.7. The second-order valence-corrected chi connectivity index (χ2v) is 9.25. The van der Waals surface area contributed by atoms with Crippen LogP contribution in [0.25, 0.3) is 0 Å². The van der Waals surface area contributed by atoms with Gasteiger partial charge in [-0.1, -0.05) is 0 Å². The Labute approximate surface area is 93.1 Å². The minimum absolute atomic E-state index is 0.384. The fourth-order valence-electron chi connectivity index (χ4n) is 2.03. The van der Waals surface area contributed by atoms with Gasteiger partial charge in [-0.15, -0.1) is 0 Å². The molecule has 1 rings (SSSR count). The summed E-state index contributed by atoms with van der Waals surface area (Å²) in [6.45, 7) is 13.6. The van der Waals surface area contributed by atoms with Gasteiger partial charge >= 0.3 is 7.60 Å². The van der Waals surface area contributed by atoms with Gasteiger partial charge in [0.1, 0.15) is 0 Å². The van der Waals surface area contributed by atoms with Crippen molar-refractivity contribution >= 4 is 7.60 Å². The van der Waals surface area contributed by atoms with Crippen LogP contribution >= 0.6 is 7.60 Å². The highest BCUT2D eigenvalue weighted by Crippen LogP contribution is 2.67. The quantitative estimate of drug-likeness (QED) is 0.595. The fourth-order valence-corrected chi connectivity index (χ4v) is 4.05. The van der Waals surface area contributed by atoms with Crippen LogP contribution in [0.15, 0.2) is 0 Å². The second-order valence-electron chi connectivity index (χ2n) is 6.55. The lowest BCUT2D eigenvalue weighted by Gasteiger charge is -2.48. The molecule has 0 aromatic carbocycles. The Morgan fingerprint density at radius 2 is 1.33 bits per heavy atom. The lowest BCUT2D eigenvalue weighted by molar-refractivity contribution is -0.0665. The zero-order valence-electron chi connectivity index (χ0n) is 10.9. The molecule has 0 aliphatic carbocycles. The smallest absolute Gasteiger partial charge is 0.302 e. The molecule has 0 aromatic rings. The van der Waals surface area contributed by atoms with E-state index in [0.29, 0.717) is 0 Å². The molecule has 0 saturated carbocycles. The lowest BCUT2D eigenvalue weighted by atomic mass is 9.93. The first-order chi connectivity index (χ1) is 6.37. The zero-order valence-corrected chi connectivity index (χ0v) is 11.8. The van der Waals surface area contributed by atoms with Gasteiger partial charge in [0, 0.05) is 6.42 Å². The molecule has 1 aliphatic rings. The molecule has 1 fully saturated rings. The molecule has 1 aliphatic heterocycles. The monoisotopic (exact) mass is 234 g/mol. The van der Waals surface area contributed by atoms with Crippen molar-refractivity contribution in [3.05, 3.63) is 0 Å². The van der Waals surface area contributed by atoms with Gasteiger partial charge in [0.05, 0.1) is 16.4 Å². The van der Waals surface area contributed by atoms with E-state index in [1.807, 2.05) is 48.5 Å². The van der Waals surface area contributed by atoms with E-state index in [1.54, 1.807) is 0 Å². The highest BCUT2D eigenvalue weighted by molar-refractivity contribution is 7.55. The molecule has 0 bridgehead atoms. The maximum atomic E-state index is 12.6. The maximum absolute atomic E-state index is 12.6. The first kappa shape index (κ1) is 13.2. The Balaban J connectivity index is 3.09. The summed E-state index contributed by atoms with van der Waals surface area (Å²) in [6.07, 6.45) is 0.750. The third-order valence-corrected chi connectivity index (χ3v) is 5.52. The molecule has 3 nitrogen and oxygen atoms in total. The molecule has 0 N–H and O–H groups in total. The predicted molar refractivity (Wildman–Crippen MR) is 62.3 cm³/mol. The largest absolute Gasteiger partial charge is 0.336 e. The Morgan fingerprint density at radius 3 is 1.60 bits per heavy atom. The first-order valence-corrected chi connectivity index (χ1v) is 6.93. The molecule has 90 valence electrons. The summed E-state index contributed by atoms with van der Waals surface area (Å²) in [5.74, 6) is 0. The van der Waals surface area contributed by atoms with Crippen LogP contribution in [0, 0.1) is 0 Å². The van der Waals surface area contributed by atoms with Gasteiger partial charge < -0.3 is 9.05 Å². The zero-order chi connectivity index (χ0) is 12.1. The molecule has 0 radical (unpaired) electrons. The third-order valence-electron chi connectivity index (χ3n) is 2.41. The highest BCUT2D eigenvalue weighted by Gasteiger charge is 2.52. The number of hydrogen-bond donors (Lipinski definition) is 0. The van der Waals surface area contributed by atoms with Gasteiger partial charge in [0.2, 0.25) is 0 Å². The highest BCUT2D eigenvalue weighted by atomic mass is 31.2. The van der Waals surface area contributed by atoms with Gasteiger partial charge in [0.25, 0.3) is 0 Å². The minimum Gasteiger partial charge on any atom is -0.302 e. The van der Waals surface area contributed by atoms with E-state index >= 15 is 0 Å². The van der Waals surface area contributed by atoms with Crippen LogP contribution in [-0.4, -0.2) is 16.4 Å². The summed E-state index contributed by atoms with van der Waals surface area (Å²) >= 11 is 0. The molecular formula is C11H23O3P. The summed E-state index contributed by atoms with van der Waals surface area (Å²) in [7, 11) is -3.04. The molecule has 4 heteroatoms. The Bertz CT molecular complexity index is 279. The summed E-state index contributed by atoms with van der Waals surface area (Å²) in [4.78, 5) is 0. The van der Waals surface area contributed by atoms with Crippen molar-refractivity contribution in [3.63, 3.8) is 0 Å². The van der Waals surface area contributed by atoms with Crippen LogP contribution in [0.4, 0.5) is 0 Å². The maximum Gasteiger partial charge on any atom is 0.336 e. The van der Waals surface area contributed by atoms with E-state index in [2.05, 4.69) is 0 Å². The minimum atomic E-state index is -3.04. The van der Waals surface area contributed by atoms with Crippen molar-refractivity contribution in [2.45, 2.75) is 71.2 Å². The second kappa shape index (κ2) is 3.32. The topological polar surface area (TPSA) is 35.5 Å². The van der Waals surface area contributed by atoms with Crippen LogP contribution < -0.4 is 0 Å². The average molecular weight is 234 g/mol. The summed E-state index contributed by atoms with van der Waals surface area (Å²) < 4.78 is 24.0. The van der Waals surface area contributed by atoms with E-state index < -0.39 is 12.8 Å². The molecule has 1 saturated heterocycles. The van der Waals surface area contributed by atoms with Gasteiger partial charge in [0.15, 0.2) is 0 Å². The van der Waals surface area contributed by atoms with E-state index in [4.69, 9.17) is 9.05 Å². The Hall–Kier alpha value is 0.150. The van der Waals surface area contributed by atoms with Crippen molar-refractivity contribution in [3.8, 4) is 0 Å². The Kier molecular flexibility index (Phi) is 2.92. The summed E-state index contributed by atoms with van der Waals surface area (Å²) in [6, 6.07) is 0. The SMILES string of the molecule is CC1(C)CC(C)(C)OP(=O)(C(C)(C)C)O1. The fraction of sp³-hybridized carbons (Fsp3) is 1.00. The number of rotatable bonds is 0. The average Bonchev–Trinajstić information content (AvgIpc) is 1.72. The molecule has 0 atom stereocenters. The van der Waals surface area contributed by atoms with Gasteiger partial charge in [-0.25, -0.2) is 0 Å². The standard InChI is InChI=1S/C11H23O3P/c1-9(2,3)15(12)13-10(4,5)8-11(6,7)14-15/h8H2,1-7H3. The molecule has 15 heavy (non-hydrogen) atoms. The lowest BCUT2D eigenvalue weighted by Crippen LogP contribution is -2.44. The van der Waals surface area contributed by atoms with Gasteiger partial charge in [-0.3, -0.25) is 4.57 Å². The van der Waals surface area contributed by atoms with E-state index in [-0.39, 0.29) is 11.2 Å². The van der Waals surface area contributed by atoms with E-state index in [1.165, 1.54) is 0 Å². The van der Waals surface area contributed by atoms with Gasteiger partial charge in [-0.2, -0.15) is 0 Å². The molecular weight excluding hydrogens is 211 g/mol. The molecule has 0 aromatic heterocycles. The van der Waals surface area contributed by atoms with Crippen LogP contribution in [0.5, 0.6) is 0 Å². The third kappa shape index (κ3) is 2.83. The van der Waals surface area contributed by atoms with Crippen molar-refractivity contribution in [2.75, 3.05) is 0 Å². The Morgan fingerprint density at radius 1 is 1.00 bits per heavy atom. The molecule has 0 unspecified atom stereocenters. The van der Waals surface area contributed by atoms with Gasteiger partial charge in [-0.05, 0) is 48.5 Å². The first-order valence-electron chi connectivity index (χ1n) is 5.39. The van der Waals surface area contributed by atoms with Crippen molar-refractivity contribution < 1.29 is 13.6 Å². The molecule has 0 amide bonds. The summed E-state index contributed by atoms with van der Waals surface area (Å²) in [5, 5.41) is -0.470. The van der Waals surface area contributed by atoms with Crippen molar-refractivity contribution in [2.24, 2.45) is 0 Å². The van der Waals surface area contributed by atoms with Crippen molar-refractivity contribution in [1.82, 2.24) is 0 Å². The predicted octanol–water partition coefficient (Wildman–Crippen LogP) is 3.97. The van der Waals surface area contributed by atoms with Crippen LogP contribution in [0.1, 0.15) is 54.9 Å². The molecule has 0 spiro atoms. The van der Waals surface area contributed by atoms with E-state index in [0.717, 1.165) is 6.42 Å². The molecule has 1 heterocycles. The van der Waals surface area contributed by atoms with E-state index in [9.17, 15) is 4.57 Å².